The highest BCUT2D eigenvalue weighted by atomic mass is 32.2. The van der Waals surface area contributed by atoms with E-state index in [1.807, 2.05) is 78.5 Å². The first-order chi connectivity index (χ1) is 22.7. The van der Waals surface area contributed by atoms with Crippen LogP contribution in [-0.2, 0) is 24.1 Å². The van der Waals surface area contributed by atoms with E-state index in [2.05, 4.69) is 41.3 Å². The highest BCUT2D eigenvalue weighted by Gasteiger charge is 2.41. The van der Waals surface area contributed by atoms with Crippen molar-refractivity contribution in [2.75, 3.05) is 39.9 Å². The molecule has 0 spiro atoms. The van der Waals surface area contributed by atoms with Gasteiger partial charge in [0.2, 0.25) is 0 Å². The number of ether oxygens (including phenoxy) is 1. The van der Waals surface area contributed by atoms with E-state index in [9.17, 15) is 14.1 Å². The normalized spacial score (nSPS) is 17.8. The smallest absolute Gasteiger partial charge is 0.272 e. The Labute approximate surface area is 280 Å². The maximum Gasteiger partial charge on any atom is 0.272 e. The topological polar surface area (TPSA) is 86.2 Å². The van der Waals surface area contributed by atoms with Crippen LogP contribution in [-0.4, -0.2) is 79.0 Å². The van der Waals surface area contributed by atoms with Gasteiger partial charge < -0.3 is 14.7 Å². The number of benzene rings is 3. The molecule has 1 N–H and O–H groups in total. The molecule has 1 fully saturated rings. The number of piperazine rings is 1. The summed E-state index contributed by atoms with van der Waals surface area (Å²) in [7, 11) is 0.320. The lowest BCUT2D eigenvalue weighted by atomic mass is 9.94. The van der Waals surface area contributed by atoms with Crippen LogP contribution >= 0.6 is 0 Å². The second kappa shape index (κ2) is 14.1. The van der Waals surface area contributed by atoms with Gasteiger partial charge in [0.25, 0.3) is 5.91 Å². The molecule has 8 nitrogen and oxygen atoms in total. The second-order valence-electron chi connectivity index (χ2n) is 13.3. The fraction of sp³-hybridized carbons (Fsp3) is 0.368. The molecule has 0 aliphatic carbocycles. The predicted molar refractivity (Wildman–Crippen MR) is 187 cm³/mol. The molecule has 3 aromatic carbocycles. The third-order valence-corrected chi connectivity index (χ3v) is 10.8. The predicted octanol–water partition coefficient (Wildman–Crippen LogP) is 6.08. The fourth-order valence-electron chi connectivity index (χ4n) is 6.56. The highest BCUT2D eigenvalue weighted by Crippen LogP contribution is 2.44. The van der Waals surface area contributed by atoms with Gasteiger partial charge in [-0.3, -0.25) is 9.69 Å². The van der Waals surface area contributed by atoms with E-state index < -0.39 is 15.7 Å². The Morgan fingerprint density at radius 2 is 1.60 bits per heavy atom. The number of methoxy groups -OCH3 is 1. The van der Waals surface area contributed by atoms with Crippen LogP contribution < -0.4 is 4.74 Å². The van der Waals surface area contributed by atoms with Gasteiger partial charge in [0.05, 0.1) is 23.6 Å². The summed E-state index contributed by atoms with van der Waals surface area (Å²) in [6, 6.07) is 28.1. The summed E-state index contributed by atoms with van der Waals surface area (Å²) in [5.74, 6) is 0.679. The second-order valence-corrected chi connectivity index (χ2v) is 15.5. The average molecular weight is 653 g/mol. The maximum absolute atomic E-state index is 14.1. The van der Waals surface area contributed by atoms with E-state index in [1.165, 1.54) is 5.56 Å². The van der Waals surface area contributed by atoms with Crippen molar-refractivity contribution < 1.29 is 18.8 Å². The van der Waals surface area contributed by atoms with E-state index >= 15 is 0 Å². The first-order valence-corrected chi connectivity index (χ1v) is 17.4. The lowest BCUT2D eigenvalue weighted by molar-refractivity contribution is 0.0622. The number of hydrogen-bond acceptors (Lipinski definition) is 6. The molecule has 246 valence electrons. The Bertz CT molecular complexity index is 1750. The third kappa shape index (κ3) is 7.18. The zero-order valence-corrected chi connectivity index (χ0v) is 28.5. The first-order valence-electron chi connectivity index (χ1n) is 16.3. The number of aromatic nitrogens is 1. The van der Waals surface area contributed by atoms with Crippen molar-refractivity contribution in [1.29, 1.82) is 0 Å². The van der Waals surface area contributed by atoms with Gasteiger partial charge >= 0.3 is 0 Å². The minimum atomic E-state index is -1.34. The number of aliphatic hydroxyl groups excluding tert-OH is 1. The largest absolute Gasteiger partial charge is 0.497 e. The zero-order valence-electron chi connectivity index (χ0n) is 27.7. The first kappa shape index (κ1) is 33.0. The van der Waals surface area contributed by atoms with Crippen LogP contribution in [0.4, 0.5) is 0 Å². The van der Waals surface area contributed by atoms with Crippen molar-refractivity contribution >= 4 is 16.9 Å². The van der Waals surface area contributed by atoms with E-state index in [4.69, 9.17) is 9.72 Å². The Hall–Kier alpha value is -3.89. The number of amides is 1. The summed E-state index contributed by atoms with van der Waals surface area (Å²) in [6.07, 6.45) is 0.412. The number of fused-ring (bicyclic) bond motifs is 1. The van der Waals surface area contributed by atoms with Gasteiger partial charge in [-0.1, -0.05) is 60.7 Å². The van der Waals surface area contributed by atoms with Crippen molar-refractivity contribution in [1.82, 2.24) is 19.1 Å². The monoisotopic (exact) mass is 652 g/mol. The van der Waals surface area contributed by atoms with Crippen LogP contribution in [0.1, 0.15) is 60.4 Å². The summed E-state index contributed by atoms with van der Waals surface area (Å²) in [5, 5.41) is 10.2. The third-order valence-electron chi connectivity index (χ3n) is 8.96. The van der Waals surface area contributed by atoms with Crippen LogP contribution in [0.2, 0.25) is 0 Å². The van der Waals surface area contributed by atoms with Gasteiger partial charge in [0, 0.05) is 57.0 Å². The summed E-state index contributed by atoms with van der Waals surface area (Å²) >= 11 is 0. The van der Waals surface area contributed by atoms with E-state index in [1.54, 1.807) is 7.11 Å². The van der Waals surface area contributed by atoms with Crippen molar-refractivity contribution in [2.45, 2.75) is 51.1 Å². The van der Waals surface area contributed by atoms with Gasteiger partial charge in [0.1, 0.15) is 22.4 Å². The SMILES string of the molecule is COc1cccc(-c2cccc(-c3nc(C(=O)N4CCN(Cc5ccccc5)CC4)cc4c3[C@H](CCO)N([S@@](=O)C(C)(C)C)C4)c2)c1. The molecule has 0 saturated carbocycles. The average Bonchev–Trinajstić information content (AvgIpc) is 3.45. The van der Waals surface area contributed by atoms with E-state index in [-0.39, 0.29) is 18.6 Å². The van der Waals surface area contributed by atoms with Gasteiger partial charge in [0.15, 0.2) is 0 Å². The number of pyridine rings is 1. The molecule has 0 bridgehead atoms. The molecule has 2 atom stereocenters. The van der Waals surface area contributed by atoms with Crippen molar-refractivity contribution in [3.63, 3.8) is 0 Å². The molecule has 4 aromatic rings. The number of nitrogens with zero attached hydrogens (tertiary/aromatic N) is 4. The highest BCUT2D eigenvalue weighted by molar-refractivity contribution is 7.84. The van der Waals surface area contributed by atoms with Crippen LogP contribution in [0.15, 0.2) is 84.9 Å². The number of carbonyl (C=O) groups is 1. The van der Waals surface area contributed by atoms with Crippen molar-refractivity contribution in [3.8, 4) is 28.1 Å². The van der Waals surface area contributed by atoms with Gasteiger partial charge in [-0.25, -0.2) is 13.5 Å². The summed E-state index contributed by atoms with van der Waals surface area (Å²) in [6.45, 7) is 9.94. The van der Waals surface area contributed by atoms with Crippen LogP contribution in [0, 0.1) is 0 Å². The number of aliphatic hydroxyl groups is 1. The van der Waals surface area contributed by atoms with Crippen LogP contribution in [0.5, 0.6) is 5.75 Å². The van der Waals surface area contributed by atoms with Gasteiger partial charge in [-0.15, -0.1) is 0 Å². The Morgan fingerprint density at radius 1 is 0.915 bits per heavy atom. The van der Waals surface area contributed by atoms with Crippen LogP contribution in [0.3, 0.4) is 0 Å². The summed E-state index contributed by atoms with van der Waals surface area (Å²) in [5.41, 5.74) is 7.10. The lowest BCUT2D eigenvalue weighted by Gasteiger charge is -2.34. The number of rotatable bonds is 9. The van der Waals surface area contributed by atoms with Crippen LogP contribution in [0.25, 0.3) is 22.4 Å². The molecule has 1 aromatic heterocycles. The molecule has 1 saturated heterocycles. The molecule has 9 heteroatoms. The van der Waals surface area contributed by atoms with Crippen molar-refractivity contribution in [3.05, 3.63) is 107 Å². The minimum absolute atomic E-state index is 0.0564. The standard InChI is InChI=1S/C38H44N4O4S/c1-38(2,3)47(45)42-26-31-24-33(37(44)41-19-17-40(18-20-41)25-27-10-6-5-7-11-27)39-36(35(31)34(42)16-21-43)30-14-8-12-28(22-30)29-13-9-15-32(23-29)46-4/h5-15,22-24,34,43H,16-21,25-26H2,1-4H3/t34-,47-/m0/s1. The molecule has 2 aliphatic rings. The molecule has 1 amide bonds. The minimum Gasteiger partial charge on any atom is -0.497 e. The molecule has 0 radical (unpaired) electrons. The lowest BCUT2D eigenvalue weighted by Crippen LogP contribution is -2.48. The number of carbonyl (C=O) groups excluding carboxylic acids is 1. The number of hydrogen-bond donors (Lipinski definition) is 1. The Kier molecular flexibility index (Phi) is 9.89. The summed E-state index contributed by atoms with van der Waals surface area (Å²) in [4.78, 5) is 23.5. The van der Waals surface area contributed by atoms with Crippen molar-refractivity contribution in [2.24, 2.45) is 0 Å². The summed E-state index contributed by atoms with van der Waals surface area (Å²) < 4.78 is 20.8. The molecule has 0 unspecified atom stereocenters. The van der Waals surface area contributed by atoms with Gasteiger partial charge in [-0.05, 0) is 73.7 Å². The van der Waals surface area contributed by atoms with Gasteiger partial charge in [-0.2, -0.15) is 0 Å². The Balaban J connectivity index is 1.37. The molecule has 2 aliphatic heterocycles. The molecule has 47 heavy (non-hydrogen) atoms. The Morgan fingerprint density at radius 3 is 2.28 bits per heavy atom. The molecular weight excluding hydrogens is 609 g/mol. The molecule has 6 rings (SSSR count). The fourth-order valence-corrected chi connectivity index (χ4v) is 7.96. The maximum atomic E-state index is 14.1. The van der Waals surface area contributed by atoms with E-state index in [0.29, 0.717) is 37.4 Å². The molecule has 3 heterocycles. The quantitative estimate of drug-likeness (QED) is 0.236. The molecular formula is C38H44N4O4S. The zero-order chi connectivity index (χ0) is 33.1. The van der Waals surface area contributed by atoms with E-state index in [0.717, 1.165) is 53.2 Å².